The third-order valence-electron chi connectivity index (χ3n) is 2.58. The molecule has 1 aliphatic heterocycles. The third kappa shape index (κ3) is 2.33. The van der Waals surface area contributed by atoms with Crippen LogP contribution < -0.4 is 10.1 Å². The van der Waals surface area contributed by atoms with Crippen molar-refractivity contribution >= 4 is 5.97 Å². The zero-order valence-corrected chi connectivity index (χ0v) is 9.23. The minimum absolute atomic E-state index is 0.00538. The van der Waals surface area contributed by atoms with Crippen molar-refractivity contribution in [3.63, 3.8) is 0 Å². The van der Waals surface area contributed by atoms with E-state index in [1.54, 1.807) is 18.2 Å². The zero-order valence-electron chi connectivity index (χ0n) is 9.23. The van der Waals surface area contributed by atoms with Crippen LogP contribution in [0.1, 0.15) is 23.2 Å². The summed E-state index contributed by atoms with van der Waals surface area (Å²) < 4.78 is 10.4. The lowest BCUT2D eigenvalue weighted by Gasteiger charge is -2.15. The van der Waals surface area contributed by atoms with E-state index in [-0.39, 0.29) is 12.2 Å². The molecule has 1 heterocycles. The van der Waals surface area contributed by atoms with Crippen LogP contribution in [0.15, 0.2) is 24.3 Å². The molecule has 4 nitrogen and oxygen atoms in total. The van der Waals surface area contributed by atoms with Gasteiger partial charge in [-0.05, 0) is 31.5 Å². The maximum Gasteiger partial charge on any atom is 0.341 e. The van der Waals surface area contributed by atoms with Crippen molar-refractivity contribution in [1.82, 2.24) is 5.32 Å². The summed E-state index contributed by atoms with van der Waals surface area (Å²) in [5.41, 5.74) is 0.471. The molecule has 0 saturated carbocycles. The van der Waals surface area contributed by atoms with Crippen LogP contribution in [-0.2, 0) is 4.74 Å². The van der Waals surface area contributed by atoms with Gasteiger partial charge in [0.2, 0.25) is 0 Å². The van der Waals surface area contributed by atoms with Gasteiger partial charge < -0.3 is 9.47 Å². The number of hydrogen-bond donors (Lipinski definition) is 1. The van der Waals surface area contributed by atoms with Gasteiger partial charge in [0, 0.05) is 0 Å². The van der Waals surface area contributed by atoms with E-state index >= 15 is 0 Å². The highest BCUT2D eigenvalue weighted by molar-refractivity contribution is 5.92. The normalized spacial score (nSPS) is 19.4. The van der Waals surface area contributed by atoms with E-state index in [4.69, 9.17) is 9.47 Å². The Bertz CT molecular complexity index is 372. The van der Waals surface area contributed by atoms with Gasteiger partial charge in [0.1, 0.15) is 17.5 Å². The van der Waals surface area contributed by atoms with Crippen molar-refractivity contribution in [3.05, 3.63) is 29.8 Å². The molecular weight excluding hydrogens is 206 g/mol. The molecule has 86 valence electrons. The monoisotopic (exact) mass is 221 g/mol. The average Bonchev–Trinajstić information content (AvgIpc) is 2.82. The summed E-state index contributed by atoms with van der Waals surface area (Å²) in [5, 5.41) is 3.21. The van der Waals surface area contributed by atoms with Crippen molar-refractivity contribution in [2.24, 2.45) is 0 Å². The number of para-hydroxylation sites is 1. The van der Waals surface area contributed by atoms with Crippen LogP contribution in [0.2, 0.25) is 0 Å². The first-order valence-corrected chi connectivity index (χ1v) is 5.38. The quantitative estimate of drug-likeness (QED) is 0.787. The van der Waals surface area contributed by atoms with Crippen molar-refractivity contribution in [2.45, 2.75) is 19.1 Å². The number of rotatable bonds is 3. The van der Waals surface area contributed by atoms with Crippen LogP contribution in [-0.4, -0.2) is 25.9 Å². The molecular formula is C12H15NO3. The molecule has 0 aliphatic carbocycles. The Balaban J connectivity index is 2.15. The fourth-order valence-electron chi connectivity index (χ4n) is 1.75. The fraction of sp³-hybridized carbons (Fsp3) is 0.417. The zero-order chi connectivity index (χ0) is 11.4. The first kappa shape index (κ1) is 11.0. The summed E-state index contributed by atoms with van der Waals surface area (Å²) >= 11 is 0. The molecule has 1 saturated heterocycles. The van der Waals surface area contributed by atoms with Gasteiger partial charge in [-0.1, -0.05) is 12.1 Å². The van der Waals surface area contributed by atoms with E-state index in [0.717, 1.165) is 19.4 Å². The molecule has 1 unspecified atom stereocenters. The molecule has 1 fully saturated rings. The third-order valence-corrected chi connectivity index (χ3v) is 2.58. The van der Waals surface area contributed by atoms with Gasteiger partial charge in [-0.2, -0.15) is 0 Å². The second kappa shape index (κ2) is 4.99. The van der Waals surface area contributed by atoms with Crippen LogP contribution >= 0.6 is 0 Å². The maximum absolute atomic E-state index is 11.5. The topological polar surface area (TPSA) is 47.6 Å². The highest BCUT2D eigenvalue weighted by Crippen LogP contribution is 2.21. The van der Waals surface area contributed by atoms with Gasteiger partial charge >= 0.3 is 5.97 Å². The highest BCUT2D eigenvalue weighted by atomic mass is 16.5. The molecule has 2 rings (SSSR count). The summed E-state index contributed by atoms with van der Waals surface area (Å²) in [5.74, 6) is 0.211. The van der Waals surface area contributed by atoms with Gasteiger partial charge in [0.15, 0.2) is 0 Å². The molecule has 0 amide bonds. The van der Waals surface area contributed by atoms with Crippen LogP contribution in [0.3, 0.4) is 0 Å². The fourth-order valence-corrected chi connectivity index (χ4v) is 1.75. The van der Waals surface area contributed by atoms with Gasteiger partial charge in [-0.3, -0.25) is 5.32 Å². The average molecular weight is 221 g/mol. The summed E-state index contributed by atoms with van der Waals surface area (Å²) in [4.78, 5) is 11.5. The van der Waals surface area contributed by atoms with E-state index < -0.39 is 0 Å². The van der Waals surface area contributed by atoms with Crippen LogP contribution in [0.25, 0.3) is 0 Å². The lowest BCUT2D eigenvalue weighted by molar-refractivity contribution is 0.0592. The summed E-state index contributed by atoms with van der Waals surface area (Å²) in [6.07, 6.45) is 2.08. The summed E-state index contributed by atoms with van der Waals surface area (Å²) in [7, 11) is 1.37. The van der Waals surface area contributed by atoms with E-state index in [9.17, 15) is 4.79 Å². The predicted molar refractivity (Wildman–Crippen MR) is 59.4 cm³/mol. The second-order valence-corrected chi connectivity index (χ2v) is 3.69. The van der Waals surface area contributed by atoms with Gasteiger partial charge in [0.25, 0.3) is 0 Å². The largest absolute Gasteiger partial charge is 0.474 e. The molecule has 1 aliphatic rings. The van der Waals surface area contributed by atoms with Crippen LogP contribution in [0.4, 0.5) is 0 Å². The molecule has 0 bridgehead atoms. The Labute approximate surface area is 94.6 Å². The highest BCUT2D eigenvalue weighted by Gasteiger charge is 2.19. The Kier molecular flexibility index (Phi) is 3.41. The summed E-state index contributed by atoms with van der Waals surface area (Å²) in [6.45, 7) is 0.963. The van der Waals surface area contributed by atoms with E-state index in [0.29, 0.717) is 11.3 Å². The number of carbonyl (C=O) groups is 1. The lowest BCUT2D eigenvalue weighted by atomic mass is 10.2. The molecule has 0 aromatic heterocycles. The van der Waals surface area contributed by atoms with Crippen molar-refractivity contribution in [1.29, 1.82) is 0 Å². The Hall–Kier alpha value is -1.55. The predicted octanol–water partition coefficient (Wildman–Crippen LogP) is 1.56. The number of methoxy groups -OCH3 is 1. The number of esters is 1. The molecule has 4 heteroatoms. The molecule has 0 spiro atoms. The first-order valence-electron chi connectivity index (χ1n) is 5.38. The molecule has 16 heavy (non-hydrogen) atoms. The molecule has 1 aromatic rings. The maximum atomic E-state index is 11.5. The van der Waals surface area contributed by atoms with Gasteiger partial charge in [-0.25, -0.2) is 4.79 Å². The minimum atomic E-state index is -0.367. The van der Waals surface area contributed by atoms with Crippen LogP contribution in [0, 0.1) is 0 Å². The van der Waals surface area contributed by atoms with Crippen LogP contribution in [0.5, 0.6) is 5.75 Å². The van der Waals surface area contributed by atoms with Crippen molar-refractivity contribution < 1.29 is 14.3 Å². The Morgan fingerprint density at radius 1 is 1.44 bits per heavy atom. The Morgan fingerprint density at radius 2 is 2.25 bits per heavy atom. The van der Waals surface area contributed by atoms with E-state index in [1.165, 1.54) is 7.11 Å². The van der Waals surface area contributed by atoms with Gasteiger partial charge in [-0.15, -0.1) is 0 Å². The van der Waals surface area contributed by atoms with Gasteiger partial charge in [0.05, 0.1) is 7.11 Å². The van der Waals surface area contributed by atoms with Crippen molar-refractivity contribution in [3.8, 4) is 5.75 Å². The first-order chi connectivity index (χ1) is 7.81. The number of nitrogens with one attached hydrogen (secondary N) is 1. The lowest BCUT2D eigenvalue weighted by Crippen LogP contribution is -2.28. The second-order valence-electron chi connectivity index (χ2n) is 3.69. The molecule has 1 N–H and O–H groups in total. The van der Waals surface area contributed by atoms with E-state index in [2.05, 4.69) is 5.32 Å². The van der Waals surface area contributed by atoms with Crippen molar-refractivity contribution in [2.75, 3.05) is 13.7 Å². The summed E-state index contributed by atoms with van der Waals surface area (Å²) in [6, 6.07) is 7.13. The molecule has 1 atom stereocenters. The molecule has 0 radical (unpaired) electrons. The Morgan fingerprint density at radius 3 is 2.94 bits per heavy atom. The number of ether oxygens (including phenoxy) is 2. The van der Waals surface area contributed by atoms with E-state index in [1.807, 2.05) is 6.07 Å². The molecule has 1 aromatic carbocycles. The number of benzene rings is 1. The SMILES string of the molecule is COC(=O)c1ccccc1OC1CCCN1. The minimum Gasteiger partial charge on any atom is -0.474 e. The number of carbonyl (C=O) groups excluding carboxylic acids is 1. The number of hydrogen-bond acceptors (Lipinski definition) is 4. The smallest absolute Gasteiger partial charge is 0.341 e. The standard InChI is InChI=1S/C12H15NO3/c1-15-12(14)9-5-2-3-6-10(9)16-11-7-4-8-13-11/h2-3,5-6,11,13H,4,7-8H2,1H3.